The van der Waals surface area contributed by atoms with Gasteiger partial charge in [0.05, 0.1) is 25.0 Å². The van der Waals surface area contributed by atoms with E-state index in [4.69, 9.17) is 10.5 Å². The Morgan fingerprint density at radius 1 is 1.08 bits per heavy atom. The van der Waals surface area contributed by atoms with Gasteiger partial charge in [0.25, 0.3) is 0 Å². The second kappa shape index (κ2) is 10.5. The average Bonchev–Trinajstić information content (AvgIpc) is 3.29. The zero-order valence-corrected chi connectivity index (χ0v) is 19.4. The Morgan fingerprint density at radius 3 is 2.67 bits per heavy atom. The van der Waals surface area contributed by atoms with Crippen LogP contribution in [0.1, 0.15) is 11.7 Å². The predicted molar refractivity (Wildman–Crippen MR) is 134 cm³/mol. The number of anilines is 5. The van der Waals surface area contributed by atoms with E-state index in [1.807, 2.05) is 36.4 Å². The number of hydrogen-bond acceptors (Lipinski definition) is 10. The highest BCUT2D eigenvalue weighted by Gasteiger charge is 2.16. The van der Waals surface area contributed by atoms with Crippen molar-refractivity contribution >= 4 is 29.1 Å². The van der Waals surface area contributed by atoms with E-state index in [9.17, 15) is 9.50 Å². The summed E-state index contributed by atoms with van der Waals surface area (Å²) >= 11 is 0. The Kier molecular flexibility index (Phi) is 6.87. The number of rotatable bonds is 8. The topological polar surface area (TPSA) is 139 Å². The van der Waals surface area contributed by atoms with Gasteiger partial charge >= 0.3 is 0 Å². The van der Waals surface area contributed by atoms with Gasteiger partial charge in [0, 0.05) is 31.4 Å². The summed E-state index contributed by atoms with van der Waals surface area (Å²) in [6.45, 7) is 2.93. The molecule has 5 rings (SSSR count). The average molecular weight is 492 g/mol. The number of nitrogens with one attached hydrogen (secondary N) is 2. The third kappa shape index (κ3) is 5.34. The van der Waals surface area contributed by atoms with Crippen molar-refractivity contribution in [1.29, 1.82) is 0 Å². The number of hydrogen-bond donors (Lipinski definition) is 4. The van der Waals surface area contributed by atoms with Gasteiger partial charge in [-0.3, -0.25) is 0 Å². The summed E-state index contributed by atoms with van der Waals surface area (Å²) in [6.07, 6.45) is 0.645. The number of morpholine rings is 1. The molecular weight excluding hydrogens is 465 g/mol. The lowest BCUT2D eigenvalue weighted by atomic mass is 10.1. The summed E-state index contributed by atoms with van der Waals surface area (Å²) in [6, 6.07) is 15.9. The van der Waals surface area contributed by atoms with Crippen LogP contribution < -0.4 is 21.3 Å². The van der Waals surface area contributed by atoms with Crippen LogP contribution >= 0.6 is 0 Å². The number of benzene rings is 2. The molecule has 5 N–H and O–H groups in total. The fourth-order valence-electron chi connectivity index (χ4n) is 3.84. The van der Waals surface area contributed by atoms with Gasteiger partial charge in [0.2, 0.25) is 11.9 Å². The van der Waals surface area contributed by atoms with Crippen LogP contribution in [0.5, 0.6) is 0 Å². The first-order valence-corrected chi connectivity index (χ1v) is 11.5. The highest BCUT2D eigenvalue weighted by atomic mass is 19.1. The molecule has 1 saturated heterocycles. The number of aliphatic hydroxyl groups excluding tert-OH is 1. The zero-order chi connectivity index (χ0) is 24.9. The Bertz CT molecular complexity index is 1310. The molecule has 3 heterocycles. The monoisotopic (exact) mass is 491 g/mol. The number of nitrogens with zero attached hydrogens (tertiary/aromatic N) is 6. The normalized spacial score (nSPS) is 14.4. The van der Waals surface area contributed by atoms with E-state index < -0.39 is 11.9 Å². The molecule has 4 aromatic rings. The molecule has 186 valence electrons. The van der Waals surface area contributed by atoms with Crippen molar-refractivity contribution in [2.75, 3.05) is 54.1 Å². The molecule has 2 aromatic heterocycles. The first-order chi connectivity index (χ1) is 17.6. The van der Waals surface area contributed by atoms with Gasteiger partial charge in [-0.05, 0) is 23.8 Å². The first kappa shape index (κ1) is 23.5. The zero-order valence-electron chi connectivity index (χ0n) is 19.4. The van der Waals surface area contributed by atoms with E-state index in [1.54, 1.807) is 12.1 Å². The van der Waals surface area contributed by atoms with Crippen molar-refractivity contribution in [3.63, 3.8) is 0 Å². The van der Waals surface area contributed by atoms with Crippen LogP contribution in [-0.4, -0.2) is 62.7 Å². The molecular formula is C24H26FN9O2. The molecule has 0 bridgehead atoms. The molecule has 0 saturated carbocycles. The van der Waals surface area contributed by atoms with Crippen molar-refractivity contribution in [2.24, 2.45) is 0 Å². The minimum Gasteiger partial charge on any atom is -0.387 e. The summed E-state index contributed by atoms with van der Waals surface area (Å²) in [5.41, 5.74) is 7.86. The van der Waals surface area contributed by atoms with E-state index in [0.717, 1.165) is 24.3 Å². The van der Waals surface area contributed by atoms with Crippen LogP contribution in [-0.2, 0) is 4.74 Å². The van der Waals surface area contributed by atoms with Gasteiger partial charge < -0.3 is 31.1 Å². The van der Waals surface area contributed by atoms with Gasteiger partial charge in [-0.25, -0.2) is 14.4 Å². The summed E-state index contributed by atoms with van der Waals surface area (Å²) in [5, 5.41) is 20.6. The molecule has 2 aromatic carbocycles. The van der Waals surface area contributed by atoms with Crippen molar-refractivity contribution in [2.45, 2.75) is 6.10 Å². The van der Waals surface area contributed by atoms with Crippen molar-refractivity contribution in [1.82, 2.24) is 24.7 Å². The van der Waals surface area contributed by atoms with Crippen LogP contribution in [0.25, 0.3) is 5.82 Å². The fraction of sp³-hybridized carbons (Fsp3) is 0.250. The Morgan fingerprint density at radius 2 is 1.89 bits per heavy atom. The lowest BCUT2D eigenvalue weighted by Crippen LogP contribution is -2.36. The summed E-state index contributed by atoms with van der Waals surface area (Å²) in [4.78, 5) is 14.6. The van der Waals surface area contributed by atoms with Crippen LogP contribution in [0.2, 0.25) is 0 Å². The minimum atomic E-state index is -0.707. The van der Waals surface area contributed by atoms with Crippen molar-refractivity contribution in [3.8, 4) is 5.82 Å². The Labute approximate surface area is 206 Å². The van der Waals surface area contributed by atoms with Gasteiger partial charge in [-0.2, -0.15) is 9.67 Å². The molecule has 1 atom stereocenters. The molecule has 0 radical (unpaired) electrons. The van der Waals surface area contributed by atoms with Gasteiger partial charge in [0.15, 0.2) is 5.82 Å². The summed E-state index contributed by atoms with van der Waals surface area (Å²) in [5.74, 6) is 0.599. The van der Waals surface area contributed by atoms with Crippen LogP contribution in [0.15, 0.2) is 60.9 Å². The lowest BCUT2D eigenvalue weighted by molar-refractivity contribution is 0.122. The second-order valence-corrected chi connectivity index (χ2v) is 8.16. The Balaban J connectivity index is 1.27. The number of aliphatic hydroxyl groups is 1. The fourth-order valence-corrected chi connectivity index (χ4v) is 3.84. The highest BCUT2D eigenvalue weighted by molar-refractivity contribution is 5.61. The van der Waals surface area contributed by atoms with Gasteiger partial charge in [0.1, 0.15) is 18.0 Å². The Hall–Kier alpha value is -4.29. The van der Waals surface area contributed by atoms with E-state index >= 15 is 0 Å². The van der Waals surface area contributed by atoms with Crippen molar-refractivity contribution < 1.29 is 14.2 Å². The molecule has 0 spiro atoms. The number of halogens is 1. The second-order valence-electron chi connectivity index (χ2n) is 8.16. The quantitative estimate of drug-likeness (QED) is 0.291. The maximum absolute atomic E-state index is 14.8. The first-order valence-electron chi connectivity index (χ1n) is 11.5. The predicted octanol–water partition coefficient (Wildman–Crippen LogP) is 2.50. The summed E-state index contributed by atoms with van der Waals surface area (Å²) < 4.78 is 21.5. The number of ether oxygens (including phenoxy) is 1. The third-order valence-corrected chi connectivity index (χ3v) is 5.74. The maximum atomic E-state index is 14.8. The molecule has 0 aliphatic carbocycles. The molecule has 0 amide bonds. The molecule has 1 aliphatic heterocycles. The largest absolute Gasteiger partial charge is 0.387 e. The molecule has 36 heavy (non-hydrogen) atoms. The highest BCUT2D eigenvalue weighted by Crippen LogP contribution is 2.25. The van der Waals surface area contributed by atoms with E-state index in [2.05, 4.69) is 35.6 Å². The lowest BCUT2D eigenvalue weighted by Gasteiger charge is -2.29. The number of nitrogens with two attached hydrogens (primary N) is 1. The standard InChI is InChI=1S/C24H26FN9O2/c25-18-12-17(33-8-10-36-11-9-33)6-7-19(18)30-24-31-23(26)34(32-24)22-13-21(28-15-29-22)27-14-20(35)16-4-2-1-3-5-16/h1-7,12-13,15,20,35H,8-11,14H2,(H,27,28,29)(H3,26,30,31,32)/t20-/m0/s1. The molecule has 12 heteroatoms. The van der Waals surface area contributed by atoms with Crippen LogP contribution in [0.4, 0.5) is 33.5 Å². The van der Waals surface area contributed by atoms with Gasteiger partial charge in [-0.1, -0.05) is 30.3 Å². The SMILES string of the molecule is Nc1nc(Nc2ccc(N3CCOCC3)cc2F)nn1-c1cc(NC[C@H](O)c2ccccc2)ncn1. The summed E-state index contributed by atoms with van der Waals surface area (Å²) in [7, 11) is 0. The van der Waals surface area contributed by atoms with Gasteiger partial charge in [-0.15, -0.1) is 5.10 Å². The van der Waals surface area contributed by atoms with Crippen LogP contribution in [0, 0.1) is 5.82 Å². The molecule has 0 unspecified atom stereocenters. The third-order valence-electron chi connectivity index (χ3n) is 5.74. The number of nitrogen functional groups attached to an aromatic ring is 1. The van der Waals surface area contributed by atoms with E-state index in [1.165, 1.54) is 17.1 Å². The minimum absolute atomic E-state index is 0.0665. The van der Waals surface area contributed by atoms with Crippen molar-refractivity contribution in [3.05, 3.63) is 72.3 Å². The maximum Gasteiger partial charge on any atom is 0.248 e. The van der Waals surface area contributed by atoms with Crippen LogP contribution in [0.3, 0.4) is 0 Å². The van der Waals surface area contributed by atoms with E-state index in [-0.39, 0.29) is 24.1 Å². The molecule has 1 fully saturated rings. The smallest absolute Gasteiger partial charge is 0.248 e. The number of aromatic nitrogens is 5. The van der Waals surface area contributed by atoms with E-state index in [0.29, 0.717) is 24.8 Å². The molecule has 11 nitrogen and oxygen atoms in total. The molecule has 1 aliphatic rings.